The van der Waals surface area contributed by atoms with E-state index < -0.39 is 11.4 Å². The number of carboxylic acid groups (broad SMARTS) is 1. The summed E-state index contributed by atoms with van der Waals surface area (Å²) < 4.78 is 0. The summed E-state index contributed by atoms with van der Waals surface area (Å²) in [6.45, 7) is 0. The van der Waals surface area contributed by atoms with Crippen molar-refractivity contribution in [1.82, 2.24) is 4.90 Å². The summed E-state index contributed by atoms with van der Waals surface area (Å²) >= 11 is 0. The molecular weight excluding hydrogens is 218 g/mol. The molecule has 0 aliphatic heterocycles. The van der Waals surface area contributed by atoms with Crippen LogP contribution in [-0.4, -0.2) is 35.0 Å². The minimum absolute atomic E-state index is 0.170. The second kappa shape index (κ2) is 4.67. The van der Waals surface area contributed by atoms with E-state index in [1.54, 1.807) is 11.9 Å². The molecule has 0 unspecified atom stereocenters. The lowest BCUT2D eigenvalue weighted by Gasteiger charge is -2.29. The average molecular weight is 239 g/mol. The topological polar surface area (TPSA) is 57.6 Å². The number of rotatable bonds is 3. The first kappa shape index (κ1) is 12.4. The van der Waals surface area contributed by atoms with Crippen molar-refractivity contribution in [3.05, 3.63) is 0 Å². The molecule has 96 valence electrons. The number of aliphatic carboxylic acids is 1. The van der Waals surface area contributed by atoms with Crippen molar-refractivity contribution < 1.29 is 14.7 Å². The molecule has 2 aliphatic rings. The predicted molar refractivity (Wildman–Crippen MR) is 63.6 cm³/mol. The third-order valence-corrected chi connectivity index (χ3v) is 4.26. The van der Waals surface area contributed by atoms with Crippen LogP contribution in [0.3, 0.4) is 0 Å². The predicted octanol–water partition coefficient (Wildman–Crippen LogP) is 2.03. The van der Waals surface area contributed by atoms with Crippen molar-refractivity contribution in [2.75, 3.05) is 7.05 Å². The van der Waals surface area contributed by atoms with E-state index in [1.165, 1.54) is 12.8 Å². The zero-order valence-electron chi connectivity index (χ0n) is 10.4. The monoisotopic (exact) mass is 239 g/mol. The fourth-order valence-electron chi connectivity index (χ4n) is 2.79. The van der Waals surface area contributed by atoms with E-state index in [1.807, 2.05) is 0 Å². The summed E-state index contributed by atoms with van der Waals surface area (Å²) in [6.07, 6.45) is 7.86. The standard InChI is InChI=1S/C13H21NO3/c1-14(10-6-4-2-3-5-7-10)11(15)13(8-9-13)12(16)17/h10H,2-9H2,1H3,(H,16,17). The number of carboxylic acids is 1. The van der Waals surface area contributed by atoms with Crippen LogP contribution in [0.1, 0.15) is 51.4 Å². The number of carbonyl (C=O) groups is 2. The number of carbonyl (C=O) groups excluding carboxylic acids is 1. The first-order valence-electron chi connectivity index (χ1n) is 6.58. The Hall–Kier alpha value is -1.06. The third-order valence-electron chi connectivity index (χ3n) is 4.26. The van der Waals surface area contributed by atoms with Gasteiger partial charge in [-0.1, -0.05) is 25.7 Å². The van der Waals surface area contributed by atoms with Crippen molar-refractivity contribution in [3.63, 3.8) is 0 Å². The van der Waals surface area contributed by atoms with Crippen LogP contribution in [0.15, 0.2) is 0 Å². The number of hydrogen-bond acceptors (Lipinski definition) is 2. The normalized spacial score (nSPS) is 23.8. The number of nitrogens with zero attached hydrogens (tertiary/aromatic N) is 1. The van der Waals surface area contributed by atoms with Gasteiger partial charge in [0.25, 0.3) is 0 Å². The highest BCUT2D eigenvalue weighted by Crippen LogP contribution is 2.47. The summed E-state index contributed by atoms with van der Waals surface area (Å²) in [6, 6.07) is 0.252. The molecule has 17 heavy (non-hydrogen) atoms. The Morgan fingerprint density at radius 1 is 1.12 bits per heavy atom. The molecular formula is C13H21NO3. The van der Waals surface area contributed by atoms with Gasteiger partial charge in [-0.05, 0) is 25.7 Å². The van der Waals surface area contributed by atoms with E-state index in [0.29, 0.717) is 12.8 Å². The highest BCUT2D eigenvalue weighted by Gasteiger charge is 2.58. The molecule has 0 aromatic carbocycles. The lowest BCUT2D eigenvalue weighted by atomic mass is 10.0. The molecule has 0 saturated heterocycles. The first-order valence-corrected chi connectivity index (χ1v) is 6.58. The van der Waals surface area contributed by atoms with Crippen LogP contribution in [0.25, 0.3) is 0 Å². The molecule has 0 radical (unpaired) electrons. The molecule has 2 rings (SSSR count). The van der Waals surface area contributed by atoms with Gasteiger partial charge in [0.15, 0.2) is 0 Å². The van der Waals surface area contributed by atoms with Gasteiger partial charge in [0.1, 0.15) is 5.41 Å². The van der Waals surface area contributed by atoms with Crippen molar-refractivity contribution in [1.29, 1.82) is 0 Å². The smallest absolute Gasteiger partial charge is 0.319 e. The van der Waals surface area contributed by atoms with Crippen LogP contribution in [0, 0.1) is 5.41 Å². The van der Waals surface area contributed by atoms with E-state index in [9.17, 15) is 9.59 Å². The van der Waals surface area contributed by atoms with E-state index in [-0.39, 0.29) is 11.9 Å². The van der Waals surface area contributed by atoms with Crippen molar-refractivity contribution in [2.45, 2.75) is 57.4 Å². The molecule has 1 N–H and O–H groups in total. The average Bonchev–Trinajstić information content (AvgIpc) is 3.11. The van der Waals surface area contributed by atoms with Gasteiger partial charge in [0.2, 0.25) is 5.91 Å². The van der Waals surface area contributed by atoms with Crippen LogP contribution in [0.4, 0.5) is 0 Å². The third kappa shape index (κ3) is 2.31. The highest BCUT2D eigenvalue weighted by atomic mass is 16.4. The van der Waals surface area contributed by atoms with Crippen LogP contribution < -0.4 is 0 Å². The Morgan fingerprint density at radius 2 is 1.65 bits per heavy atom. The molecule has 2 fully saturated rings. The molecule has 4 nitrogen and oxygen atoms in total. The summed E-state index contributed by atoms with van der Waals surface area (Å²) in [7, 11) is 1.78. The molecule has 2 aliphatic carbocycles. The molecule has 0 atom stereocenters. The largest absolute Gasteiger partial charge is 0.480 e. The molecule has 0 aromatic rings. The van der Waals surface area contributed by atoms with Crippen LogP contribution in [-0.2, 0) is 9.59 Å². The quantitative estimate of drug-likeness (QED) is 0.605. The van der Waals surface area contributed by atoms with Gasteiger partial charge < -0.3 is 10.0 Å². The Morgan fingerprint density at radius 3 is 2.06 bits per heavy atom. The lowest BCUT2D eigenvalue weighted by Crippen LogP contribution is -2.44. The Kier molecular flexibility index (Phi) is 3.40. The van der Waals surface area contributed by atoms with Crippen LogP contribution in [0.5, 0.6) is 0 Å². The van der Waals surface area contributed by atoms with Crippen LogP contribution in [0.2, 0.25) is 0 Å². The van der Waals surface area contributed by atoms with Gasteiger partial charge >= 0.3 is 5.97 Å². The van der Waals surface area contributed by atoms with E-state index in [4.69, 9.17) is 5.11 Å². The van der Waals surface area contributed by atoms with E-state index in [2.05, 4.69) is 0 Å². The molecule has 0 heterocycles. The maximum atomic E-state index is 12.2. The molecule has 0 bridgehead atoms. The van der Waals surface area contributed by atoms with E-state index >= 15 is 0 Å². The first-order chi connectivity index (χ1) is 8.08. The SMILES string of the molecule is CN(C(=O)C1(C(=O)O)CC1)C1CCCCCC1. The zero-order valence-corrected chi connectivity index (χ0v) is 10.4. The van der Waals surface area contributed by atoms with E-state index in [0.717, 1.165) is 25.7 Å². The summed E-state index contributed by atoms with van der Waals surface area (Å²) in [5, 5.41) is 9.13. The number of amides is 1. The van der Waals surface area contributed by atoms with Crippen LogP contribution >= 0.6 is 0 Å². The maximum Gasteiger partial charge on any atom is 0.319 e. The van der Waals surface area contributed by atoms with Gasteiger partial charge in [0, 0.05) is 13.1 Å². The second-order valence-corrected chi connectivity index (χ2v) is 5.45. The lowest BCUT2D eigenvalue weighted by molar-refractivity contribution is -0.153. The van der Waals surface area contributed by atoms with Gasteiger partial charge in [-0.15, -0.1) is 0 Å². The molecule has 2 saturated carbocycles. The van der Waals surface area contributed by atoms with Crippen molar-refractivity contribution in [3.8, 4) is 0 Å². The van der Waals surface area contributed by atoms with Gasteiger partial charge in [-0.2, -0.15) is 0 Å². The minimum atomic E-state index is -1.07. The Bertz CT molecular complexity index is 315. The van der Waals surface area contributed by atoms with Gasteiger partial charge in [-0.3, -0.25) is 9.59 Å². The Labute approximate surface area is 102 Å². The van der Waals surface area contributed by atoms with Gasteiger partial charge in [-0.25, -0.2) is 0 Å². The van der Waals surface area contributed by atoms with Crippen molar-refractivity contribution >= 4 is 11.9 Å². The highest BCUT2D eigenvalue weighted by molar-refractivity contribution is 6.04. The maximum absolute atomic E-state index is 12.2. The van der Waals surface area contributed by atoms with Gasteiger partial charge in [0.05, 0.1) is 0 Å². The summed E-state index contributed by atoms with van der Waals surface area (Å²) in [5.41, 5.74) is -1.07. The summed E-state index contributed by atoms with van der Waals surface area (Å²) in [4.78, 5) is 25.1. The number of hydrogen-bond donors (Lipinski definition) is 1. The fraction of sp³-hybridized carbons (Fsp3) is 0.846. The Balaban J connectivity index is 2.01. The molecule has 0 aromatic heterocycles. The second-order valence-electron chi connectivity index (χ2n) is 5.45. The fourth-order valence-corrected chi connectivity index (χ4v) is 2.79. The zero-order chi connectivity index (χ0) is 12.5. The molecule has 4 heteroatoms. The van der Waals surface area contributed by atoms with Crippen molar-refractivity contribution in [2.24, 2.45) is 5.41 Å². The minimum Gasteiger partial charge on any atom is -0.480 e. The summed E-state index contributed by atoms with van der Waals surface area (Å²) in [5.74, 6) is -1.11. The molecule has 0 spiro atoms. The molecule has 1 amide bonds.